The molecule has 6 unspecified atom stereocenters. The van der Waals surface area contributed by atoms with Gasteiger partial charge in [-0.25, -0.2) is 0 Å². The third-order valence-corrected chi connectivity index (χ3v) is 8.18. The van der Waals surface area contributed by atoms with Gasteiger partial charge in [-0.1, -0.05) is 6.08 Å². The fraction of sp³-hybridized carbons (Fsp3) is 0.810. The van der Waals surface area contributed by atoms with Crippen LogP contribution in [0.3, 0.4) is 0 Å². The van der Waals surface area contributed by atoms with Crippen LogP contribution in [0.2, 0.25) is 0 Å². The van der Waals surface area contributed by atoms with Crippen LogP contribution in [0.25, 0.3) is 0 Å². The van der Waals surface area contributed by atoms with Gasteiger partial charge >= 0.3 is 0 Å². The van der Waals surface area contributed by atoms with E-state index in [4.69, 9.17) is 9.57 Å². The summed E-state index contributed by atoms with van der Waals surface area (Å²) in [6, 6.07) is 0. The first-order valence-electron chi connectivity index (χ1n) is 10.5. The first kappa shape index (κ1) is 16.0. The molecule has 6 rings (SSSR count). The van der Waals surface area contributed by atoms with Crippen molar-refractivity contribution in [3.63, 3.8) is 0 Å². The number of nitrogens with zero attached hydrogens (tertiary/aromatic N) is 1. The Balaban J connectivity index is 1.46. The van der Waals surface area contributed by atoms with Gasteiger partial charge in [0.1, 0.15) is 12.2 Å². The highest BCUT2D eigenvalue weighted by Crippen LogP contribution is 2.67. The van der Waals surface area contributed by atoms with Gasteiger partial charge in [0.15, 0.2) is 11.6 Å². The number of hydrogen-bond donors (Lipinski definition) is 0. The van der Waals surface area contributed by atoms with Crippen LogP contribution in [0.15, 0.2) is 12.2 Å². The smallest absolute Gasteiger partial charge is 0.184 e. The van der Waals surface area contributed by atoms with Crippen molar-refractivity contribution in [1.82, 2.24) is 5.06 Å². The lowest BCUT2D eigenvalue weighted by Crippen LogP contribution is -2.68. The van der Waals surface area contributed by atoms with E-state index in [0.717, 1.165) is 51.1 Å². The van der Waals surface area contributed by atoms with Gasteiger partial charge in [0.25, 0.3) is 0 Å². The van der Waals surface area contributed by atoms with Gasteiger partial charge in [-0.3, -0.25) is 14.4 Å². The van der Waals surface area contributed by atoms with E-state index in [0.29, 0.717) is 12.3 Å². The van der Waals surface area contributed by atoms with E-state index in [1.807, 2.05) is 0 Å². The lowest BCUT2D eigenvalue weighted by Gasteiger charge is -2.61. The summed E-state index contributed by atoms with van der Waals surface area (Å²) in [5, 5.41) is 2.20. The minimum Gasteiger partial charge on any atom is -0.358 e. The molecule has 6 aliphatic rings. The summed E-state index contributed by atoms with van der Waals surface area (Å²) in [5.41, 5.74) is -0.632. The average molecular weight is 357 g/mol. The summed E-state index contributed by atoms with van der Waals surface area (Å²) in [4.78, 5) is 32.4. The molecule has 2 saturated heterocycles. The molecular weight excluding hydrogens is 330 g/mol. The molecule has 4 aliphatic carbocycles. The first-order chi connectivity index (χ1) is 12.6. The van der Waals surface area contributed by atoms with Crippen molar-refractivity contribution in [2.75, 3.05) is 13.1 Å². The number of rotatable bonds is 2. The number of Topliss-reactive ketones (excluding diaryl/α,β-unsaturated/α-hetero) is 1. The van der Waals surface area contributed by atoms with E-state index in [2.05, 4.69) is 11.1 Å². The minimum absolute atomic E-state index is 0.0534. The topological polar surface area (TPSA) is 55.8 Å². The lowest BCUT2D eigenvalue weighted by atomic mass is 9.48. The number of ether oxygens (including phenoxy) is 1. The van der Waals surface area contributed by atoms with Crippen molar-refractivity contribution in [2.45, 2.75) is 69.2 Å². The van der Waals surface area contributed by atoms with E-state index < -0.39 is 12.2 Å². The van der Waals surface area contributed by atoms with Gasteiger partial charge in [-0.05, 0) is 62.9 Å². The van der Waals surface area contributed by atoms with E-state index in [-0.39, 0.29) is 28.5 Å². The van der Waals surface area contributed by atoms with Gasteiger partial charge < -0.3 is 4.74 Å². The molecule has 2 heterocycles. The molecule has 140 valence electrons. The van der Waals surface area contributed by atoms with Crippen LogP contribution in [-0.2, 0) is 19.2 Å². The van der Waals surface area contributed by atoms with Crippen molar-refractivity contribution < 1.29 is 19.2 Å². The third-order valence-electron chi connectivity index (χ3n) is 8.18. The van der Waals surface area contributed by atoms with Gasteiger partial charge in [-0.15, -0.1) is 0 Å². The molecule has 0 aromatic rings. The first-order valence-corrected chi connectivity index (χ1v) is 10.5. The maximum absolute atomic E-state index is 13.0. The van der Waals surface area contributed by atoms with Crippen LogP contribution in [0.1, 0.15) is 51.4 Å². The highest BCUT2D eigenvalue weighted by molar-refractivity contribution is 5.96. The van der Waals surface area contributed by atoms with E-state index >= 15 is 0 Å². The Kier molecular flexibility index (Phi) is 3.24. The maximum Gasteiger partial charge on any atom is 0.184 e. The van der Waals surface area contributed by atoms with Crippen LogP contribution in [0, 0.1) is 23.2 Å². The highest BCUT2D eigenvalue weighted by atomic mass is 16.7. The molecule has 5 fully saturated rings. The molecule has 6 atom stereocenters. The maximum atomic E-state index is 13.0. The Morgan fingerprint density at radius 3 is 2.88 bits per heavy atom. The summed E-state index contributed by atoms with van der Waals surface area (Å²) in [5.74, 6) is 1.50. The fourth-order valence-electron chi connectivity index (χ4n) is 6.95. The summed E-state index contributed by atoms with van der Waals surface area (Å²) in [6.07, 6.45) is 10.8. The van der Waals surface area contributed by atoms with Crippen LogP contribution in [-0.4, -0.2) is 47.5 Å². The van der Waals surface area contributed by atoms with E-state index in [1.54, 1.807) is 6.08 Å². The molecule has 5 heteroatoms. The standard InChI is InChI=1S/C21H27NO4/c23-15-6-5-14-7-9-20-8-1-2-16(24)19-21(20,17(14)18(15)25-19)10-11-22(26-20)12-13-3-4-13/h5-6,13-14,17-19H,1-4,7-12H2. The predicted octanol–water partition coefficient (Wildman–Crippen LogP) is 2.44. The molecule has 5 nitrogen and oxygen atoms in total. The molecule has 0 aromatic heterocycles. The normalized spacial score (nSPS) is 50.3. The number of hydrogen-bond acceptors (Lipinski definition) is 5. The van der Waals surface area contributed by atoms with Crippen molar-refractivity contribution in [1.29, 1.82) is 0 Å². The van der Waals surface area contributed by atoms with Crippen molar-refractivity contribution in [2.24, 2.45) is 23.2 Å². The largest absolute Gasteiger partial charge is 0.358 e. The second-order valence-electron chi connectivity index (χ2n) is 9.45. The van der Waals surface area contributed by atoms with Crippen LogP contribution in [0.4, 0.5) is 0 Å². The molecule has 0 N–H and O–H groups in total. The van der Waals surface area contributed by atoms with Crippen LogP contribution >= 0.6 is 0 Å². The Bertz CT molecular complexity index is 700. The van der Waals surface area contributed by atoms with Crippen molar-refractivity contribution >= 4 is 11.6 Å². The fourth-order valence-corrected chi connectivity index (χ4v) is 6.95. The molecule has 2 aliphatic heterocycles. The van der Waals surface area contributed by atoms with Crippen LogP contribution < -0.4 is 0 Å². The highest BCUT2D eigenvalue weighted by Gasteiger charge is 2.74. The van der Waals surface area contributed by atoms with E-state index in [1.165, 1.54) is 12.8 Å². The third kappa shape index (κ3) is 1.92. The monoisotopic (exact) mass is 357 g/mol. The zero-order valence-electron chi connectivity index (χ0n) is 15.2. The minimum atomic E-state index is -0.449. The number of carbonyl (C=O) groups is 2. The van der Waals surface area contributed by atoms with Gasteiger partial charge in [0.05, 0.1) is 5.60 Å². The Labute approximate surface area is 154 Å². The molecule has 3 saturated carbocycles. The van der Waals surface area contributed by atoms with Crippen molar-refractivity contribution in [3.05, 3.63) is 12.2 Å². The molecular formula is C21H27NO4. The van der Waals surface area contributed by atoms with Crippen molar-refractivity contribution in [3.8, 4) is 0 Å². The second-order valence-corrected chi connectivity index (χ2v) is 9.45. The zero-order chi connectivity index (χ0) is 17.5. The molecule has 0 aromatic carbocycles. The molecule has 26 heavy (non-hydrogen) atoms. The summed E-state index contributed by atoms with van der Waals surface area (Å²) in [6.45, 7) is 1.88. The summed E-state index contributed by atoms with van der Waals surface area (Å²) >= 11 is 0. The molecule has 0 amide bonds. The van der Waals surface area contributed by atoms with E-state index in [9.17, 15) is 9.59 Å². The van der Waals surface area contributed by atoms with Crippen LogP contribution in [0.5, 0.6) is 0 Å². The summed E-state index contributed by atoms with van der Waals surface area (Å²) in [7, 11) is 0. The van der Waals surface area contributed by atoms with Gasteiger partial charge in [0, 0.05) is 30.8 Å². The van der Waals surface area contributed by atoms with Gasteiger partial charge in [-0.2, -0.15) is 5.06 Å². The Hall–Kier alpha value is -1.04. The Morgan fingerprint density at radius 1 is 1.15 bits per heavy atom. The SMILES string of the molecule is O=C1C=CC2CCC34CCCC(=O)C5OC1C2C53CCN(CC1CC1)O4. The lowest BCUT2D eigenvalue weighted by molar-refractivity contribution is -0.345. The number of allylic oxidation sites excluding steroid dienone is 1. The number of hydroxylamine groups is 2. The second kappa shape index (κ2) is 5.27. The zero-order valence-corrected chi connectivity index (χ0v) is 15.2. The summed E-state index contributed by atoms with van der Waals surface area (Å²) < 4.78 is 6.29. The van der Waals surface area contributed by atoms with Gasteiger partial charge in [0.2, 0.25) is 0 Å². The Morgan fingerprint density at radius 2 is 2.04 bits per heavy atom. The molecule has 1 spiro atoms. The molecule has 0 bridgehead atoms. The quantitative estimate of drug-likeness (QED) is 0.760. The predicted molar refractivity (Wildman–Crippen MR) is 93.0 cm³/mol. The average Bonchev–Trinajstić information content (AvgIpc) is 3.38. The number of carbonyl (C=O) groups excluding carboxylic acids is 2. The molecule has 0 radical (unpaired) electrons. The number of ketones is 2.